The molecule has 0 aliphatic carbocycles. The second-order valence-corrected chi connectivity index (χ2v) is 4.97. The summed E-state index contributed by atoms with van der Waals surface area (Å²) in [5, 5.41) is 8.23. The molecular formula is C14H20N4O2. The number of hydrogen-bond donors (Lipinski definition) is 0. The van der Waals surface area contributed by atoms with Crippen molar-refractivity contribution >= 4 is 17.0 Å². The zero-order valence-corrected chi connectivity index (χ0v) is 12.1. The second-order valence-electron chi connectivity index (χ2n) is 4.97. The second kappa shape index (κ2) is 6.47. The molecule has 0 N–H and O–H groups in total. The van der Waals surface area contributed by atoms with E-state index in [0.29, 0.717) is 19.7 Å². The van der Waals surface area contributed by atoms with Crippen LogP contribution < -0.4 is 0 Å². The van der Waals surface area contributed by atoms with Crippen LogP contribution in [-0.2, 0) is 16.1 Å². The van der Waals surface area contributed by atoms with E-state index in [1.54, 1.807) is 4.68 Å². The minimum atomic E-state index is -0.255. The quantitative estimate of drug-likeness (QED) is 0.741. The summed E-state index contributed by atoms with van der Waals surface area (Å²) >= 11 is 0. The molecular weight excluding hydrogens is 256 g/mol. The summed E-state index contributed by atoms with van der Waals surface area (Å²) in [4.78, 5) is 14.0. The number of aromatic nitrogens is 3. The van der Waals surface area contributed by atoms with Crippen molar-refractivity contribution in [2.24, 2.45) is 5.92 Å². The standard InChI is InChI=1S/C14H20N4O2/c1-4-20-14(19)11(9-17(2)3)10-18-13-8-6-5-7-12(13)15-16-18/h5-8,11H,4,9-10H2,1-3H3. The van der Waals surface area contributed by atoms with Gasteiger partial charge in [0.25, 0.3) is 0 Å². The maximum atomic E-state index is 12.0. The topological polar surface area (TPSA) is 60.2 Å². The van der Waals surface area contributed by atoms with Crippen LogP contribution in [-0.4, -0.2) is 53.1 Å². The number of fused-ring (bicyclic) bond motifs is 1. The van der Waals surface area contributed by atoms with Gasteiger partial charge in [0, 0.05) is 6.54 Å². The number of nitrogens with zero attached hydrogens (tertiary/aromatic N) is 4. The van der Waals surface area contributed by atoms with E-state index in [0.717, 1.165) is 11.0 Å². The Morgan fingerprint density at radius 2 is 2.15 bits per heavy atom. The highest BCUT2D eigenvalue weighted by molar-refractivity contribution is 5.75. The van der Waals surface area contributed by atoms with Crippen molar-refractivity contribution in [2.45, 2.75) is 13.5 Å². The molecule has 0 aliphatic heterocycles. The lowest BCUT2D eigenvalue weighted by Crippen LogP contribution is -2.33. The van der Waals surface area contributed by atoms with E-state index in [1.165, 1.54) is 0 Å². The highest BCUT2D eigenvalue weighted by atomic mass is 16.5. The van der Waals surface area contributed by atoms with Gasteiger partial charge in [-0.25, -0.2) is 4.68 Å². The van der Waals surface area contributed by atoms with Gasteiger partial charge in [0.05, 0.1) is 24.6 Å². The van der Waals surface area contributed by atoms with Crippen LogP contribution in [0.15, 0.2) is 24.3 Å². The van der Waals surface area contributed by atoms with Gasteiger partial charge in [0.1, 0.15) is 5.52 Å². The number of carbonyl (C=O) groups excluding carboxylic acids is 1. The fraction of sp³-hybridized carbons (Fsp3) is 0.500. The lowest BCUT2D eigenvalue weighted by Gasteiger charge is -2.19. The van der Waals surface area contributed by atoms with Crippen LogP contribution in [0.5, 0.6) is 0 Å². The molecule has 6 heteroatoms. The summed E-state index contributed by atoms with van der Waals surface area (Å²) in [5.74, 6) is -0.448. The van der Waals surface area contributed by atoms with Crippen LogP contribution in [0, 0.1) is 5.92 Å². The van der Waals surface area contributed by atoms with Gasteiger partial charge in [-0.1, -0.05) is 17.3 Å². The van der Waals surface area contributed by atoms with Crippen molar-refractivity contribution in [2.75, 3.05) is 27.2 Å². The van der Waals surface area contributed by atoms with Crippen LogP contribution >= 0.6 is 0 Å². The monoisotopic (exact) mass is 276 g/mol. The summed E-state index contributed by atoms with van der Waals surface area (Å²) in [5.41, 5.74) is 1.76. The van der Waals surface area contributed by atoms with E-state index in [9.17, 15) is 4.79 Å². The average molecular weight is 276 g/mol. The van der Waals surface area contributed by atoms with Gasteiger partial charge in [0.15, 0.2) is 0 Å². The summed E-state index contributed by atoms with van der Waals surface area (Å²) in [6.45, 7) is 3.29. The summed E-state index contributed by atoms with van der Waals surface area (Å²) in [6, 6.07) is 7.72. The van der Waals surface area contributed by atoms with Crippen LogP contribution in [0.1, 0.15) is 6.92 Å². The third-order valence-corrected chi connectivity index (χ3v) is 3.02. The molecule has 2 rings (SSSR count). The van der Waals surface area contributed by atoms with Gasteiger partial charge >= 0.3 is 5.97 Å². The van der Waals surface area contributed by atoms with Gasteiger partial charge < -0.3 is 9.64 Å². The lowest BCUT2D eigenvalue weighted by atomic mass is 10.1. The van der Waals surface area contributed by atoms with Crippen LogP contribution in [0.3, 0.4) is 0 Å². The van der Waals surface area contributed by atoms with Crippen LogP contribution in [0.25, 0.3) is 11.0 Å². The summed E-state index contributed by atoms with van der Waals surface area (Å²) in [7, 11) is 3.87. The molecule has 0 spiro atoms. The first-order valence-corrected chi connectivity index (χ1v) is 6.71. The number of carbonyl (C=O) groups is 1. The smallest absolute Gasteiger partial charge is 0.312 e. The summed E-state index contributed by atoms with van der Waals surface area (Å²) < 4.78 is 6.90. The van der Waals surface area contributed by atoms with Crippen molar-refractivity contribution in [3.05, 3.63) is 24.3 Å². The minimum Gasteiger partial charge on any atom is -0.466 e. The molecule has 1 heterocycles. The first-order valence-electron chi connectivity index (χ1n) is 6.71. The maximum absolute atomic E-state index is 12.0. The fourth-order valence-electron chi connectivity index (χ4n) is 2.17. The van der Waals surface area contributed by atoms with E-state index in [4.69, 9.17) is 4.74 Å². The Morgan fingerprint density at radius 1 is 1.40 bits per heavy atom. The summed E-state index contributed by atoms with van der Waals surface area (Å²) in [6.07, 6.45) is 0. The third kappa shape index (κ3) is 3.33. The number of benzene rings is 1. The van der Waals surface area contributed by atoms with E-state index < -0.39 is 0 Å². The van der Waals surface area contributed by atoms with Gasteiger partial charge in [-0.2, -0.15) is 0 Å². The van der Waals surface area contributed by atoms with E-state index >= 15 is 0 Å². The van der Waals surface area contributed by atoms with Crippen molar-refractivity contribution < 1.29 is 9.53 Å². The Bertz CT molecular complexity index is 579. The minimum absolute atomic E-state index is 0.194. The number of hydrogen-bond acceptors (Lipinski definition) is 5. The van der Waals surface area contributed by atoms with Crippen LogP contribution in [0.2, 0.25) is 0 Å². The first kappa shape index (κ1) is 14.5. The zero-order valence-electron chi connectivity index (χ0n) is 12.1. The van der Waals surface area contributed by atoms with Crippen molar-refractivity contribution in [1.29, 1.82) is 0 Å². The highest BCUT2D eigenvalue weighted by Crippen LogP contribution is 2.13. The van der Waals surface area contributed by atoms with Crippen molar-refractivity contribution in [3.8, 4) is 0 Å². The lowest BCUT2D eigenvalue weighted by molar-refractivity contribution is -0.149. The highest BCUT2D eigenvalue weighted by Gasteiger charge is 2.22. The molecule has 0 fully saturated rings. The molecule has 0 saturated carbocycles. The fourth-order valence-corrected chi connectivity index (χ4v) is 2.17. The molecule has 0 amide bonds. The normalized spacial score (nSPS) is 12.8. The molecule has 1 aromatic carbocycles. The molecule has 108 valence electrons. The SMILES string of the molecule is CCOC(=O)C(CN(C)C)Cn1nnc2ccccc21. The number of ether oxygens (including phenoxy) is 1. The molecule has 0 aliphatic rings. The molecule has 0 bridgehead atoms. The van der Waals surface area contributed by atoms with E-state index in [2.05, 4.69) is 10.3 Å². The van der Waals surface area contributed by atoms with Gasteiger partial charge in [-0.05, 0) is 33.2 Å². The molecule has 20 heavy (non-hydrogen) atoms. The number of para-hydroxylation sites is 1. The maximum Gasteiger partial charge on any atom is 0.312 e. The molecule has 1 aromatic heterocycles. The Hall–Kier alpha value is -1.95. The molecule has 6 nitrogen and oxygen atoms in total. The van der Waals surface area contributed by atoms with Gasteiger partial charge in [-0.3, -0.25) is 4.79 Å². The average Bonchev–Trinajstić information content (AvgIpc) is 2.81. The van der Waals surface area contributed by atoms with E-state index in [1.807, 2.05) is 50.2 Å². The number of rotatable bonds is 6. The Labute approximate surface area is 118 Å². The largest absolute Gasteiger partial charge is 0.466 e. The van der Waals surface area contributed by atoms with Gasteiger partial charge in [-0.15, -0.1) is 5.10 Å². The molecule has 0 radical (unpaired) electrons. The Balaban J connectivity index is 2.20. The molecule has 0 saturated heterocycles. The predicted molar refractivity (Wildman–Crippen MR) is 76.2 cm³/mol. The zero-order chi connectivity index (χ0) is 14.5. The van der Waals surface area contributed by atoms with Gasteiger partial charge in [0.2, 0.25) is 0 Å². The van der Waals surface area contributed by atoms with Crippen molar-refractivity contribution in [3.63, 3.8) is 0 Å². The van der Waals surface area contributed by atoms with Crippen LogP contribution in [0.4, 0.5) is 0 Å². The first-order chi connectivity index (χ1) is 9.61. The molecule has 1 atom stereocenters. The van der Waals surface area contributed by atoms with Crippen molar-refractivity contribution in [1.82, 2.24) is 19.9 Å². The predicted octanol–water partition coefficient (Wildman–Crippen LogP) is 1.17. The Morgan fingerprint density at radius 3 is 2.85 bits per heavy atom. The Kier molecular flexibility index (Phi) is 4.68. The third-order valence-electron chi connectivity index (χ3n) is 3.02. The molecule has 2 aromatic rings. The molecule has 1 unspecified atom stereocenters. The number of esters is 1. The van der Waals surface area contributed by atoms with E-state index in [-0.39, 0.29) is 11.9 Å².